The van der Waals surface area contributed by atoms with Crippen molar-refractivity contribution in [3.05, 3.63) is 89.7 Å². The molecule has 0 aliphatic heterocycles. The van der Waals surface area contributed by atoms with E-state index in [1.54, 1.807) is 12.4 Å². The van der Waals surface area contributed by atoms with Crippen LogP contribution in [0.4, 0.5) is 4.79 Å². The van der Waals surface area contributed by atoms with Crippen LogP contribution in [0, 0.1) is 0 Å². The molecule has 4 rings (SSSR count). The lowest BCUT2D eigenvalue weighted by molar-refractivity contribution is -0.139. The van der Waals surface area contributed by atoms with Crippen LogP contribution in [0.5, 0.6) is 0 Å². The number of hydrogen-bond donors (Lipinski definition) is 2. The number of carboxylic acid groups (broad SMARTS) is 1. The van der Waals surface area contributed by atoms with E-state index in [-0.39, 0.29) is 12.5 Å². The van der Waals surface area contributed by atoms with Crippen molar-refractivity contribution in [1.29, 1.82) is 0 Å². The minimum absolute atomic E-state index is 0.0709. The second-order valence-corrected chi connectivity index (χ2v) is 8.15. The van der Waals surface area contributed by atoms with Gasteiger partial charge in [0.2, 0.25) is 0 Å². The van der Waals surface area contributed by atoms with Gasteiger partial charge in [0.25, 0.3) is 0 Å². The first-order chi connectivity index (χ1) is 16.6. The highest BCUT2D eigenvalue weighted by atomic mass is 16.5. The maximum absolute atomic E-state index is 12.4. The first-order valence-corrected chi connectivity index (χ1v) is 11.4. The lowest BCUT2D eigenvalue weighted by atomic mass is 9.98. The van der Waals surface area contributed by atoms with Crippen molar-refractivity contribution in [3.63, 3.8) is 0 Å². The van der Waals surface area contributed by atoms with E-state index in [1.165, 1.54) is 0 Å². The molecule has 2 N–H and O–H groups in total. The maximum Gasteiger partial charge on any atom is 0.407 e. The number of benzene rings is 2. The van der Waals surface area contributed by atoms with E-state index in [4.69, 9.17) is 4.74 Å². The van der Waals surface area contributed by atoms with E-state index in [9.17, 15) is 14.7 Å². The molecule has 7 heteroatoms. The Morgan fingerprint density at radius 2 is 1.68 bits per heavy atom. The highest BCUT2D eigenvalue weighted by Gasteiger charge is 2.29. The number of amides is 1. The number of carboxylic acids is 1. The van der Waals surface area contributed by atoms with Crippen molar-refractivity contribution >= 4 is 18.3 Å². The molecule has 0 radical (unpaired) electrons. The van der Waals surface area contributed by atoms with Gasteiger partial charge in [-0.3, -0.25) is 9.98 Å². The predicted molar refractivity (Wildman–Crippen MR) is 130 cm³/mol. The fourth-order valence-corrected chi connectivity index (χ4v) is 4.20. The van der Waals surface area contributed by atoms with Crippen LogP contribution in [0.3, 0.4) is 0 Å². The van der Waals surface area contributed by atoms with Gasteiger partial charge in [0, 0.05) is 24.9 Å². The smallest absolute Gasteiger partial charge is 0.407 e. The second kappa shape index (κ2) is 11.2. The number of aromatic nitrogens is 1. The first kappa shape index (κ1) is 23.2. The van der Waals surface area contributed by atoms with Gasteiger partial charge in [-0.2, -0.15) is 0 Å². The molecule has 0 unspecified atom stereocenters. The number of pyridine rings is 1. The van der Waals surface area contributed by atoms with Crippen molar-refractivity contribution < 1.29 is 19.4 Å². The van der Waals surface area contributed by atoms with Gasteiger partial charge in [-0.1, -0.05) is 54.6 Å². The minimum Gasteiger partial charge on any atom is -0.480 e. The molecular weight excluding hydrogens is 430 g/mol. The van der Waals surface area contributed by atoms with Gasteiger partial charge in [0.1, 0.15) is 12.6 Å². The molecule has 0 fully saturated rings. The van der Waals surface area contributed by atoms with E-state index in [2.05, 4.69) is 27.4 Å². The largest absolute Gasteiger partial charge is 0.480 e. The summed E-state index contributed by atoms with van der Waals surface area (Å²) in [6.45, 7) is 0.711. The van der Waals surface area contributed by atoms with Crippen LogP contribution >= 0.6 is 0 Å². The molecule has 1 amide bonds. The molecule has 0 spiro atoms. The Balaban J connectivity index is 1.25. The number of unbranched alkanes of at least 4 members (excludes halogenated alkanes) is 1. The predicted octanol–water partition coefficient (Wildman–Crippen LogP) is 4.66. The topological polar surface area (TPSA) is 101 Å². The summed E-state index contributed by atoms with van der Waals surface area (Å²) >= 11 is 0. The summed E-state index contributed by atoms with van der Waals surface area (Å²) in [5.74, 6) is -1.15. The standard InChI is InChI=1S/C27H27N3O4/c31-26(32)25(14-6-7-15-28-17-19-9-5-8-16-29-19)30-27(33)34-18-24-22-12-3-1-10-20(22)21-11-2-4-13-23(21)24/h1-5,8-13,16-17,24-25H,6-7,14-15,18H2,(H,30,33)(H,31,32)/t25-/m0/s1. The number of ether oxygens (including phenoxy) is 1. The highest BCUT2D eigenvalue weighted by molar-refractivity contribution is 5.81. The number of carbonyl (C=O) groups excluding carboxylic acids is 1. The number of rotatable bonds is 10. The number of aliphatic carboxylic acids is 1. The Labute approximate surface area is 198 Å². The molecule has 34 heavy (non-hydrogen) atoms. The highest BCUT2D eigenvalue weighted by Crippen LogP contribution is 2.44. The van der Waals surface area contributed by atoms with Crippen LogP contribution in [0.1, 0.15) is 42.0 Å². The van der Waals surface area contributed by atoms with E-state index in [0.29, 0.717) is 25.8 Å². The number of hydrogen-bond acceptors (Lipinski definition) is 5. The fraction of sp³-hybridized carbons (Fsp3) is 0.259. The Morgan fingerprint density at radius 1 is 1.00 bits per heavy atom. The van der Waals surface area contributed by atoms with E-state index >= 15 is 0 Å². The Morgan fingerprint density at radius 3 is 2.32 bits per heavy atom. The third-order valence-electron chi connectivity index (χ3n) is 5.88. The summed E-state index contributed by atoms with van der Waals surface area (Å²) in [5.41, 5.74) is 5.28. The number of fused-ring (bicyclic) bond motifs is 3. The minimum atomic E-state index is -1.08. The zero-order chi connectivity index (χ0) is 23.8. The van der Waals surface area contributed by atoms with Gasteiger partial charge >= 0.3 is 12.1 Å². The third-order valence-corrected chi connectivity index (χ3v) is 5.88. The third kappa shape index (κ3) is 5.67. The molecule has 174 valence electrons. The molecule has 3 aromatic rings. The van der Waals surface area contributed by atoms with Crippen molar-refractivity contribution in [2.75, 3.05) is 13.2 Å². The van der Waals surface area contributed by atoms with Gasteiger partial charge in [0.05, 0.1) is 5.69 Å². The Hall–Kier alpha value is -4.00. The number of carbonyl (C=O) groups is 2. The molecule has 0 saturated carbocycles. The van der Waals surface area contributed by atoms with Gasteiger partial charge < -0.3 is 15.2 Å². The molecule has 0 bridgehead atoms. The molecule has 1 heterocycles. The molecule has 1 aromatic heterocycles. The summed E-state index contributed by atoms with van der Waals surface area (Å²) in [4.78, 5) is 32.5. The second-order valence-electron chi connectivity index (χ2n) is 8.15. The van der Waals surface area contributed by atoms with E-state index in [1.807, 2.05) is 54.6 Å². The van der Waals surface area contributed by atoms with Crippen molar-refractivity contribution in [1.82, 2.24) is 10.3 Å². The molecule has 1 atom stereocenters. The van der Waals surface area contributed by atoms with E-state index < -0.39 is 18.1 Å². The maximum atomic E-state index is 12.4. The number of aliphatic imine (C=N–C) groups is 1. The van der Waals surface area contributed by atoms with E-state index in [0.717, 1.165) is 27.9 Å². The Bertz CT molecular complexity index is 1120. The average molecular weight is 458 g/mol. The number of nitrogens with zero attached hydrogens (tertiary/aromatic N) is 2. The summed E-state index contributed by atoms with van der Waals surface area (Å²) in [6.07, 6.45) is 4.30. The first-order valence-electron chi connectivity index (χ1n) is 11.4. The summed E-state index contributed by atoms with van der Waals surface area (Å²) in [5, 5.41) is 12.0. The van der Waals surface area contributed by atoms with Crippen molar-refractivity contribution in [3.8, 4) is 11.1 Å². The van der Waals surface area contributed by atoms with Crippen LogP contribution < -0.4 is 5.32 Å². The fourth-order valence-electron chi connectivity index (χ4n) is 4.20. The van der Waals surface area contributed by atoms with Gasteiger partial charge in [0.15, 0.2) is 0 Å². The van der Waals surface area contributed by atoms with Crippen LogP contribution in [-0.2, 0) is 9.53 Å². The van der Waals surface area contributed by atoms with Crippen LogP contribution in [-0.4, -0.2) is 47.6 Å². The monoisotopic (exact) mass is 457 g/mol. The molecule has 0 saturated heterocycles. The van der Waals surface area contributed by atoms with Crippen molar-refractivity contribution in [2.24, 2.45) is 4.99 Å². The van der Waals surface area contributed by atoms with Crippen LogP contribution in [0.25, 0.3) is 11.1 Å². The lowest BCUT2D eigenvalue weighted by Crippen LogP contribution is -2.41. The van der Waals surface area contributed by atoms with Gasteiger partial charge in [-0.25, -0.2) is 9.59 Å². The Kier molecular flexibility index (Phi) is 7.65. The molecule has 2 aromatic carbocycles. The molecular formula is C27H27N3O4. The summed E-state index contributed by atoms with van der Waals surface area (Å²) in [6, 6.07) is 20.7. The van der Waals surface area contributed by atoms with Crippen molar-refractivity contribution in [2.45, 2.75) is 31.2 Å². The SMILES string of the molecule is O=C(N[C@@H](CCCCN=Cc1ccccn1)C(=O)O)OCC1c2ccccc2-c2ccccc21. The van der Waals surface area contributed by atoms with Gasteiger partial charge in [-0.15, -0.1) is 0 Å². The molecule has 1 aliphatic carbocycles. The molecule has 7 nitrogen and oxygen atoms in total. The normalized spacial score (nSPS) is 13.3. The van der Waals surface area contributed by atoms with Crippen LogP contribution in [0.2, 0.25) is 0 Å². The molecule has 1 aliphatic rings. The zero-order valence-corrected chi connectivity index (χ0v) is 18.8. The average Bonchev–Trinajstić information content (AvgIpc) is 3.18. The number of alkyl carbamates (subject to hydrolysis) is 1. The zero-order valence-electron chi connectivity index (χ0n) is 18.8. The summed E-state index contributed by atoms with van der Waals surface area (Å²) < 4.78 is 5.47. The van der Waals surface area contributed by atoms with Crippen LogP contribution in [0.15, 0.2) is 77.9 Å². The lowest BCUT2D eigenvalue weighted by Gasteiger charge is -2.17. The quantitative estimate of drug-likeness (QED) is 0.341. The number of nitrogens with one attached hydrogen (secondary N) is 1. The van der Waals surface area contributed by atoms with Gasteiger partial charge in [-0.05, 0) is 53.6 Å². The summed E-state index contributed by atoms with van der Waals surface area (Å²) in [7, 11) is 0.